The Hall–Kier alpha value is -1.65. The minimum atomic E-state index is -0.496. The number of ether oxygens (including phenoxy) is 1. The van der Waals surface area contributed by atoms with E-state index in [0.717, 1.165) is 6.08 Å². The van der Waals surface area contributed by atoms with Gasteiger partial charge in [0.25, 0.3) is 0 Å². The SMILES string of the molecule is C=CC(=O)OCCN(C)C(=O)N=CC. The number of nitrogens with zero attached hydrogens (tertiary/aromatic N) is 2. The first-order valence-corrected chi connectivity index (χ1v) is 4.14. The first-order valence-electron chi connectivity index (χ1n) is 4.14. The van der Waals surface area contributed by atoms with E-state index < -0.39 is 5.97 Å². The summed E-state index contributed by atoms with van der Waals surface area (Å²) in [4.78, 5) is 26.6. The Bertz CT molecular complexity index is 248. The first-order chi connectivity index (χ1) is 6.61. The minimum Gasteiger partial charge on any atom is -0.461 e. The fraction of sp³-hybridized carbons (Fsp3) is 0.444. The Morgan fingerprint density at radius 3 is 2.71 bits per heavy atom. The van der Waals surface area contributed by atoms with E-state index in [1.165, 1.54) is 11.1 Å². The molecule has 0 saturated heterocycles. The molecule has 0 unspecified atom stereocenters. The molecule has 0 aromatic heterocycles. The molecule has 0 aliphatic rings. The van der Waals surface area contributed by atoms with Gasteiger partial charge >= 0.3 is 12.0 Å². The maximum atomic E-state index is 11.1. The second-order valence-electron chi connectivity index (χ2n) is 2.46. The monoisotopic (exact) mass is 198 g/mol. The predicted octanol–water partition coefficient (Wildman–Crippen LogP) is 0.858. The highest BCUT2D eigenvalue weighted by molar-refractivity contribution is 5.83. The zero-order chi connectivity index (χ0) is 11.0. The van der Waals surface area contributed by atoms with E-state index in [-0.39, 0.29) is 12.6 Å². The van der Waals surface area contributed by atoms with E-state index in [0.29, 0.717) is 6.54 Å². The number of aliphatic imine (C=N–C) groups is 1. The van der Waals surface area contributed by atoms with E-state index >= 15 is 0 Å². The molecule has 5 nitrogen and oxygen atoms in total. The van der Waals surface area contributed by atoms with Crippen LogP contribution in [0.15, 0.2) is 17.6 Å². The van der Waals surface area contributed by atoms with Crippen LogP contribution in [0.4, 0.5) is 4.79 Å². The van der Waals surface area contributed by atoms with Gasteiger partial charge in [-0.15, -0.1) is 0 Å². The standard InChI is InChI=1S/C9H14N2O3/c1-4-8(12)14-7-6-11(3)9(13)10-5-2/h4-5H,1,6-7H2,2-3H3. The van der Waals surface area contributed by atoms with Crippen molar-refractivity contribution in [3.8, 4) is 0 Å². The van der Waals surface area contributed by atoms with Crippen molar-refractivity contribution >= 4 is 18.2 Å². The molecule has 2 amide bonds. The van der Waals surface area contributed by atoms with E-state index in [4.69, 9.17) is 0 Å². The molecule has 0 N–H and O–H groups in total. The van der Waals surface area contributed by atoms with Gasteiger partial charge in [0, 0.05) is 19.3 Å². The minimum absolute atomic E-state index is 0.145. The summed E-state index contributed by atoms with van der Waals surface area (Å²) >= 11 is 0. The largest absolute Gasteiger partial charge is 0.461 e. The number of carbonyl (C=O) groups excluding carboxylic acids is 2. The van der Waals surface area contributed by atoms with Crippen LogP contribution in [0.2, 0.25) is 0 Å². The van der Waals surface area contributed by atoms with E-state index in [1.807, 2.05) is 0 Å². The number of esters is 1. The summed E-state index contributed by atoms with van der Waals surface area (Å²) in [6.07, 6.45) is 2.49. The maximum absolute atomic E-state index is 11.1. The normalized spacial score (nSPS) is 9.86. The molecule has 0 aromatic carbocycles. The number of likely N-dealkylation sites (N-methyl/N-ethyl adjacent to an activating group) is 1. The third kappa shape index (κ3) is 5.08. The van der Waals surface area contributed by atoms with Gasteiger partial charge in [-0.05, 0) is 6.92 Å². The molecule has 0 bridgehead atoms. The number of hydrogen-bond donors (Lipinski definition) is 0. The van der Waals surface area contributed by atoms with Crippen molar-refractivity contribution in [1.29, 1.82) is 0 Å². The molecule has 14 heavy (non-hydrogen) atoms. The summed E-state index contributed by atoms with van der Waals surface area (Å²) in [5.41, 5.74) is 0. The molecule has 0 saturated carbocycles. The van der Waals surface area contributed by atoms with Crippen LogP contribution < -0.4 is 0 Å². The van der Waals surface area contributed by atoms with Crippen LogP contribution in [0, 0.1) is 0 Å². The van der Waals surface area contributed by atoms with Crippen molar-refractivity contribution in [2.24, 2.45) is 4.99 Å². The smallest absolute Gasteiger partial charge is 0.343 e. The molecule has 0 heterocycles. The van der Waals surface area contributed by atoms with Gasteiger partial charge in [-0.25, -0.2) is 14.6 Å². The summed E-state index contributed by atoms with van der Waals surface area (Å²) in [6.45, 7) is 5.36. The Kier molecular flexibility index (Phi) is 6.02. The molecule has 0 spiro atoms. The lowest BCUT2D eigenvalue weighted by Gasteiger charge is -2.13. The van der Waals surface area contributed by atoms with Crippen LogP contribution in [0.3, 0.4) is 0 Å². The molecule has 78 valence electrons. The predicted molar refractivity (Wildman–Crippen MR) is 53.3 cm³/mol. The van der Waals surface area contributed by atoms with Gasteiger partial charge in [-0.1, -0.05) is 6.58 Å². The second kappa shape index (κ2) is 6.82. The fourth-order valence-corrected chi connectivity index (χ4v) is 0.647. The van der Waals surface area contributed by atoms with Crippen molar-refractivity contribution in [3.05, 3.63) is 12.7 Å². The van der Waals surface area contributed by atoms with Gasteiger partial charge in [-0.2, -0.15) is 0 Å². The summed E-state index contributed by atoms with van der Waals surface area (Å²) in [5.74, 6) is -0.496. The number of rotatable bonds is 4. The Morgan fingerprint density at radius 2 is 2.21 bits per heavy atom. The molecule has 0 atom stereocenters. The quantitative estimate of drug-likeness (QED) is 0.382. The van der Waals surface area contributed by atoms with Crippen LogP contribution in [0.1, 0.15) is 6.92 Å². The molecule has 0 rings (SSSR count). The maximum Gasteiger partial charge on any atom is 0.343 e. The van der Waals surface area contributed by atoms with E-state index in [9.17, 15) is 9.59 Å². The molecule has 5 heteroatoms. The van der Waals surface area contributed by atoms with Crippen LogP contribution in [0.5, 0.6) is 0 Å². The molecule has 0 aliphatic carbocycles. The highest BCUT2D eigenvalue weighted by Gasteiger charge is 2.05. The molecular weight excluding hydrogens is 184 g/mol. The highest BCUT2D eigenvalue weighted by atomic mass is 16.5. The average molecular weight is 198 g/mol. The number of amides is 2. The van der Waals surface area contributed by atoms with Crippen LogP contribution in [-0.2, 0) is 9.53 Å². The zero-order valence-electron chi connectivity index (χ0n) is 8.40. The van der Waals surface area contributed by atoms with E-state index in [1.54, 1.807) is 14.0 Å². The number of hydrogen-bond acceptors (Lipinski definition) is 3. The lowest BCUT2D eigenvalue weighted by Crippen LogP contribution is -2.28. The molecule has 0 fully saturated rings. The van der Waals surface area contributed by atoms with Gasteiger partial charge in [-0.3, -0.25) is 0 Å². The van der Waals surface area contributed by atoms with Crippen molar-refractivity contribution in [1.82, 2.24) is 4.90 Å². The first kappa shape index (κ1) is 12.3. The Labute approximate surface area is 83.1 Å². The van der Waals surface area contributed by atoms with Crippen molar-refractivity contribution in [3.63, 3.8) is 0 Å². The third-order valence-electron chi connectivity index (χ3n) is 1.40. The Morgan fingerprint density at radius 1 is 1.57 bits per heavy atom. The lowest BCUT2D eigenvalue weighted by atomic mass is 10.6. The fourth-order valence-electron chi connectivity index (χ4n) is 0.647. The van der Waals surface area contributed by atoms with Gasteiger partial charge < -0.3 is 9.64 Å². The number of carbonyl (C=O) groups is 2. The van der Waals surface area contributed by atoms with Gasteiger partial charge in [0.15, 0.2) is 0 Å². The summed E-state index contributed by atoms with van der Waals surface area (Å²) in [7, 11) is 1.58. The highest BCUT2D eigenvalue weighted by Crippen LogP contribution is 1.89. The lowest BCUT2D eigenvalue weighted by molar-refractivity contribution is -0.137. The molecule has 0 aromatic rings. The number of urea groups is 1. The molecular formula is C9H14N2O3. The van der Waals surface area contributed by atoms with Crippen molar-refractivity contribution in [2.45, 2.75) is 6.92 Å². The van der Waals surface area contributed by atoms with Crippen LogP contribution in [-0.4, -0.2) is 43.3 Å². The van der Waals surface area contributed by atoms with Gasteiger partial charge in [0.2, 0.25) is 0 Å². The average Bonchev–Trinajstić information content (AvgIpc) is 2.17. The zero-order valence-corrected chi connectivity index (χ0v) is 8.40. The van der Waals surface area contributed by atoms with E-state index in [2.05, 4.69) is 16.3 Å². The van der Waals surface area contributed by atoms with Gasteiger partial charge in [0.1, 0.15) is 6.61 Å². The third-order valence-corrected chi connectivity index (χ3v) is 1.40. The molecule has 0 aliphatic heterocycles. The van der Waals surface area contributed by atoms with Crippen molar-refractivity contribution in [2.75, 3.05) is 20.2 Å². The van der Waals surface area contributed by atoms with Crippen LogP contribution in [0.25, 0.3) is 0 Å². The Balaban J connectivity index is 3.73. The van der Waals surface area contributed by atoms with Gasteiger partial charge in [0.05, 0.1) is 6.54 Å². The van der Waals surface area contributed by atoms with Crippen molar-refractivity contribution < 1.29 is 14.3 Å². The summed E-state index contributed by atoms with van der Waals surface area (Å²) in [6, 6.07) is -0.359. The summed E-state index contributed by atoms with van der Waals surface area (Å²) in [5, 5.41) is 0. The van der Waals surface area contributed by atoms with Crippen LogP contribution >= 0.6 is 0 Å². The molecule has 0 radical (unpaired) electrons. The second-order valence-corrected chi connectivity index (χ2v) is 2.46. The summed E-state index contributed by atoms with van der Waals surface area (Å²) < 4.78 is 4.69. The topological polar surface area (TPSA) is 59.0 Å².